The van der Waals surface area contributed by atoms with Gasteiger partial charge in [0.25, 0.3) is 0 Å². The van der Waals surface area contributed by atoms with Gasteiger partial charge in [-0.25, -0.2) is 0 Å². The molecule has 2 unspecified atom stereocenters. The van der Waals surface area contributed by atoms with Crippen LogP contribution in [0.5, 0.6) is 0 Å². The number of nitrogens with zero attached hydrogens (tertiary/aromatic N) is 1. The first-order valence-corrected chi connectivity index (χ1v) is 18.5. The molecule has 0 aliphatic rings. The van der Waals surface area contributed by atoms with Crippen molar-refractivity contribution in [3.8, 4) is 0 Å². The van der Waals surface area contributed by atoms with Gasteiger partial charge in [-0.15, -0.1) is 0 Å². The number of hydrogen-bond acceptors (Lipinski definition) is 7. The van der Waals surface area contributed by atoms with E-state index in [2.05, 4.69) is 44.2 Å². The summed E-state index contributed by atoms with van der Waals surface area (Å²) < 4.78 is 16.9. The molecule has 0 amide bonds. The first kappa shape index (κ1) is 45.8. The van der Waals surface area contributed by atoms with E-state index in [4.69, 9.17) is 14.2 Å². The molecule has 0 saturated heterocycles. The quantitative estimate of drug-likeness (QED) is 0.0240. The molecule has 8 heteroatoms. The lowest BCUT2D eigenvalue weighted by molar-refractivity contribution is -0.889. The molecule has 2 atom stereocenters. The van der Waals surface area contributed by atoms with E-state index >= 15 is 0 Å². The zero-order valence-electron chi connectivity index (χ0n) is 31.3. The minimum absolute atomic E-state index is 0.0139. The van der Waals surface area contributed by atoms with E-state index in [1.807, 2.05) is 42.5 Å². The van der Waals surface area contributed by atoms with Crippen LogP contribution in [0.25, 0.3) is 0 Å². The van der Waals surface area contributed by atoms with E-state index in [9.17, 15) is 19.5 Å². The van der Waals surface area contributed by atoms with E-state index < -0.39 is 18.1 Å². The van der Waals surface area contributed by atoms with Crippen molar-refractivity contribution in [3.63, 3.8) is 0 Å². The summed E-state index contributed by atoms with van der Waals surface area (Å²) in [5.41, 5.74) is 0. The predicted octanol–water partition coefficient (Wildman–Crippen LogP) is 7.90. The van der Waals surface area contributed by atoms with Crippen molar-refractivity contribution in [2.45, 2.75) is 129 Å². The number of allylic oxidation sites excluding steroid dienone is 12. The highest BCUT2D eigenvalue weighted by Gasteiger charge is 2.25. The van der Waals surface area contributed by atoms with Crippen molar-refractivity contribution in [1.29, 1.82) is 0 Å². The van der Waals surface area contributed by atoms with Crippen LogP contribution in [0, 0.1) is 0 Å². The van der Waals surface area contributed by atoms with Gasteiger partial charge < -0.3 is 28.6 Å². The lowest BCUT2D eigenvalue weighted by Crippen LogP contribution is -2.55. The van der Waals surface area contributed by atoms with Crippen LogP contribution >= 0.6 is 0 Å². The van der Waals surface area contributed by atoms with Gasteiger partial charge in [0.15, 0.2) is 6.10 Å². The smallest absolute Gasteiger partial charge is 0.306 e. The summed E-state index contributed by atoms with van der Waals surface area (Å²) in [5, 5.41) is 11.5. The number of unbranched alkanes of at least 4 members (excludes halogenated alkanes) is 9. The number of quaternary nitrogens is 1. The molecule has 0 radical (unpaired) electrons. The number of carboxylic acid groups (broad SMARTS) is 1. The molecule has 0 aromatic carbocycles. The predicted molar refractivity (Wildman–Crippen MR) is 199 cm³/mol. The number of likely N-dealkylation sites (N-methyl/N-ethyl adjacent to an activating group) is 1. The summed E-state index contributed by atoms with van der Waals surface area (Å²) >= 11 is 0. The number of carbonyl (C=O) groups excluding carboxylic acids is 3. The standard InChI is InChI=1S/C41H67NO7/c1-6-8-10-12-14-15-16-17-18-19-20-21-22-23-24-26-28-30-32-40(44)49-37(35-47-34-33-38(41(45)46)42(3,4)5)36-48-39(43)31-29-27-25-13-11-9-7-2/h10,12,14-21,25,27,37-38H,6-9,11,13,22-24,26,28-36H2,1-5H3/b12-10+,15-14+,17-16+,19-18+,21-20+,27-25+. The summed E-state index contributed by atoms with van der Waals surface area (Å²) in [6.45, 7) is 4.40. The maximum atomic E-state index is 12.6. The number of ether oxygens (including phenoxy) is 3. The summed E-state index contributed by atoms with van der Waals surface area (Å²) in [4.78, 5) is 36.5. The van der Waals surface area contributed by atoms with Gasteiger partial charge in [0.05, 0.1) is 40.3 Å². The highest BCUT2D eigenvalue weighted by Crippen LogP contribution is 2.11. The maximum Gasteiger partial charge on any atom is 0.306 e. The Hall–Kier alpha value is -3.23. The van der Waals surface area contributed by atoms with Crippen molar-refractivity contribution in [2.75, 3.05) is 41.0 Å². The van der Waals surface area contributed by atoms with Crippen molar-refractivity contribution in [1.82, 2.24) is 0 Å². The van der Waals surface area contributed by atoms with E-state index in [0.29, 0.717) is 6.42 Å². The van der Waals surface area contributed by atoms with Crippen LogP contribution < -0.4 is 5.11 Å². The Balaban J connectivity index is 4.48. The molecule has 0 rings (SSSR count). The number of rotatable bonds is 31. The van der Waals surface area contributed by atoms with E-state index in [0.717, 1.165) is 57.8 Å². The van der Waals surface area contributed by atoms with Crippen LogP contribution in [0.2, 0.25) is 0 Å². The van der Waals surface area contributed by atoms with Gasteiger partial charge >= 0.3 is 11.9 Å². The Kier molecular flexibility index (Phi) is 29.9. The van der Waals surface area contributed by atoms with Gasteiger partial charge in [0.2, 0.25) is 0 Å². The zero-order chi connectivity index (χ0) is 36.4. The molecule has 0 heterocycles. The van der Waals surface area contributed by atoms with Crippen molar-refractivity contribution in [2.24, 2.45) is 0 Å². The summed E-state index contributed by atoms with van der Waals surface area (Å²) in [6.07, 6.45) is 38.1. The number of carboxylic acids is 1. The highest BCUT2D eigenvalue weighted by atomic mass is 16.6. The van der Waals surface area contributed by atoms with Crippen LogP contribution in [0.3, 0.4) is 0 Å². The van der Waals surface area contributed by atoms with E-state index in [1.165, 1.54) is 19.3 Å². The Morgan fingerprint density at radius 3 is 1.82 bits per heavy atom. The number of esters is 2. The molecule has 0 N–H and O–H groups in total. The maximum absolute atomic E-state index is 12.6. The van der Waals surface area contributed by atoms with Crippen LogP contribution in [0.4, 0.5) is 0 Å². The van der Waals surface area contributed by atoms with Crippen molar-refractivity contribution in [3.05, 3.63) is 72.9 Å². The van der Waals surface area contributed by atoms with Crippen LogP contribution in [0.1, 0.15) is 117 Å². The zero-order valence-corrected chi connectivity index (χ0v) is 31.3. The monoisotopic (exact) mass is 685 g/mol. The van der Waals surface area contributed by atoms with Gasteiger partial charge in [0.1, 0.15) is 12.6 Å². The molecule has 0 aromatic heterocycles. The van der Waals surface area contributed by atoms with Gasteiger partial charge in [-0.05, 0) is 44.9 Å². The summed E-state index contributed by atoms with van der Waals surface area (Å²) in [7, 11) is 5.36. The third kappa shape index (κ3) is 30.6. The average molecular weight is 686 g/mol. The molecule has 0 saturated carbocycles. The molecule has 278 valence electrons. The second-order valence-electron chi connectivity index (χ2n) is 13.2. The van der Waals surface area contributed by atoms with Gasteiger partial charge in [-0.3, -0.25) is 9.59 Å². The minimum atomic E-state index is -1.14. The fourth-order valence-electron chi connectivity index (χ4n) is 4.76. The van der Waals surface area contributed by atoms with Crippen molar-refractivity contribution >= 4 is 17.9 Å². The van der Waals surface area contributed by atoms with Gasteiger partial charge in [-0.2, -0.15) is 0 Å². The second-order valence-corrected chi connectivity index (χ2v) is 13.2. The lowest BCUT2D eigenvalue weighted by atomic mass is 10.1. The molecule has 0 aliphatic carbocycles. The number of aliphatic carboxylic acids is 1. The van der Waals surface area contributed by atoms with E-state index in [1.54, 1.807) is 21.1 Å². The molecule has 0 spiro atoms. The Morgan fingerprint density at radius 2 is 1.18 bits per heavy atom. The topological polar surface area (TPSA) is 102 Å². The lowest BCUT2D eigenvalue weighted by Gasteiger charge is -2.34. The second kappa shape index (κ2) is 32.0. The minimum Gasteiger partial charge on any atom is -0.544 e. The normalized spacial score (nSPS) is 13.9. The molecule has 8 nitrogen and oxygen atoms in total. The molecule has 49 heavy (non-hydrogen) atoms. The van der Waals surface area contributed by atoms with E-state index in [-0.39, 0.29) is 55.5 Å². The molecule has 0 aliphatic heterocycles. The summed E-state index contributed by atoms with van der Waals surface area (Å²) in [5.74, 6) is -1.85. The molecular formula is C41H67NO7. The van der Waals surface area contributed by atoms with Crippen molar-refractivity contribution < 1.29 is 38.2 Å². The largest absolute Gasteiger partial charge is 0.544 e. The fourth-order valence-corrected chi connectivity index (χ4v) is 4.76. The van der Waals surface area contributed by atoms with Crippen LogP contribution in [0.15, 0.2) is 72.9 Å². The third-order valence-electron chi connectivity index (χ3n) is 7.69. The summed E-state index contributed by atoms with van der Waals surface area (Å²) in [6, 6.07) is -0.736. The molecule has 0 bridgehead atoms. The SMILES string of the molecule is CCC/C=C/C=C/C=C/C=C/C=C/CCCCCCCC(=O)OC(COCCC(C(=O)[O-])[N+](C)(C)C)COC(=O)CC/C=C/CCCCC. The first-order valence-electron chi connectivity index (χ1n) is 18.5. The first-order chi connectivity index (χ1) is 23.6. The highest BCUT2D eigenvalue weighted by molar-refractivity contribution is 5.70. The number of carbonyl (C=O) groups is 3. The molecule has 0 aromatic rings. The molecule has 0 fully saturated rings. The molecular weight excluding hydrogens is 618 g/mol. The average Bonchev–Trinajstić information content (AvgIpc) is 3.05. The van der Waals surface area contributed by atoms with Crippen LogP contribution in [-0.4, -0.2) is 75.5 Å². The Morgan fingerprint density at radius 1 is 0.612 bits per heavy atom. The van der Waals surface area contributed by atoms with Gasteiger partial charge in [-0.1, -0.05) is 125 Å². The third-order valence-corrected chi connectivity index (χ3v) is 7.69. The fraction of sp³-hybridized carbons (Fsp3) is 0.634. The Bertz CT molecular complexity index is 1030. The van der Waals surface area contributed by atoms with Gasteiger partial charge in [0, 0.05) is 19.3 Å². The Labute approximate surface area is 298 Å². The van der Waals surface area contributed by atoms with Crippen LogP contribution in [-0.2, 0) is 28.6 Å². The number of hydrogen-bond donors (Lipinski definition) is 0.